The molecule has 0 saturated carbocycles. The van der Waals surface area contributed by atoms with Crippen LogP contribution >= 0.6 is 0 Å². The van der Waals surface area contributed by atoms with E-state index in [9.17, 15) is 8.42 Å². The van der Waals surface area contributed by atoms with Gasteiger partial charge in [0.1, 0.15) is 0 Å². The Hall–Kier alpha value is -1.61. The normalized spacial score (nSPS) is 18.5. The van der Waals surface area contributed by atoms with Gasteiger partial charge >= 0.3 is 0 Å². The van der Waals surface area contributed by atoms with E-state index in [0.717, 1.165) is 37.5 Å². The van der Waals surface area contributed by atoms with Crippen molar-refractivity contribution in [3.05, 3.63) is 17.0 Å². The number of nitrogens with zero attached hydrogens (tertiary/aromatic N) is 4. The second-order valence-electron chi connectivity index (χ2n) is 7.58. The maximum atomic E-state index is 11.6. The van der Waals surface area contributed by atoms with Crippen LogP contribution in [0.1, 0.15) is 36.7 Å². The molecule has 9 heteroatoms. The third-order valence-corrected chi connectivity index (χ3v) is 6.68. The zero-order valence-electron chi connectivity index (χ0n) is 17.4. The minimum absolute atomic E-state index is 0.227. The molecule has 1 aliphatic heterocycles. The van der Waals surface area contributed by atoms with E-state index in [1.54, 1.807) is 11.4 Å². The summed E-state index contributed by atoms with van der Waals surface area (Å²) in [5.74, 6) is 1.24. The van der Waals surface area contributed by atoms with E-state index in [1.165, 1.54) is 17.5 Å². The third kappa shape index (κ3) is 5.93. The van der Waals surface area contributed by atoms with Crippen molar-refractivity contribution in [2.24, 2.45) is 18.0 Å². The van der Waals surface area contributed by atoms with Crippen LogP contribution in [0.3, 0.4) is 0 Å². The molecule has 0 aliphatic carbocycles. The maximum absolute atomic E-state index is 11.6. The smallest absolute Gasteiger partial charge is 0.211 e. The van der Waals surface area contributed by atoms with Gasteiger partial charge in [0.05, 0.1) is 11.9 Å². The summed E-state index contributed by atoms with van der Waals surface area (Å²) in [4.78, 5) is 4.33. The van der Waals surface area contributed by atoms with Crippen LogP contribution in [0, 0.1) is 19.8 Å². The minimum atomic E-state index is -3.07. The van der Waals surface area contributed by atoms with Crippen molar-refractivity contribution >= 4 is 16.0 Å². The fraction of sp³-hybridized carbons (Fsp3) is 0.778. The molecule has 8 nitrogen and oxygen atoms in total. The van der Waals surface area contributed by atoms with Gasteiger partial charge in [0.25, 0.3) is 0 Å². The first kappa shape index (κ1) is 21.7. The maximum Gasteiger partial charge on any atom is 0.211 e. The van der Waals surface area contributed by atoms with Crippen LogP contribution in [-0.2, 0) is 23.5 Å². The van der Waals surface area contributed by atoms with Gasteiger partial charge in [-0.15, -0.1) is 0 Å². The molecule has 0 aromatic carbocycles. The molecule has 0 amide bonds. The molecule has 2 heterocycles. The summed E-state index contributed by atoms with van der Waals surface area (Å²) in [6.07, 6.45) is 3.92. The van der Waals surface area contributed by atoms with E-state index in [1.807, 2.05) is 18.7 Å². The third-order valence-electron chi connectivity index (χ3n) is 5.38. The first-order valence-corrected chi connectivity index (χ1v) is 11.4. The van der Waals surface area contributed by atoms with Crippen LogP contribution in [0.2, 0.25) is 0 Å². The molecular weight excluding hydrogens is 364 g/mol. The molecule has 1 aromatic rings. The second kappa shape index (κ2) is 9.05. The lowest BCUT2D eigenvalue weighted by Gasteiger charge is -2.30. The number of rotatable bonds is 6. The Balaban J connectivity index is 1.81. The highest BCUT2D eigenvalue weighted by atomic mass is 32.2. The number of piperidine rings is 1. The number of guanidine groups is 1. The summed E-state index contributed by atoms with van der Waals surface area (Å²) in [5, 5.41) is 11.3. The van der Waals surface area contributed by atoms with Gasteiger partial charge in [-0.25, -0.2) is 12.7 Å². The second-order valence-corrected chi connectivity index (χ2v) is 9.56. The van der Waals surface area contributed by atoms with Crippen LogP contribution in [-0.4, -0.2) is 67.4 Å². The fourth-order valence-corrected chi connectivity index (χ4v) is 4.46. The number of nitrogens with one attached hydrogen (secondary N) is 2. The van der Waals surface area contributed by atoms with Crippen molar-refractivity contribution < 1.29 is 8.42 Å². The minimum Gasteiger partial charge on any atom is -0.356 e. The van der Waals surface area contributed by atoms with Crippen molar-refractivity contribution in [1.29, 1.82) is 0 Å². The molecule has 2 N–H and O–H groups in total. The molecule has 2 rings (SSSR count). The molecule has 1 atom stereocenters. The van der Waals surface area contributed by atoms with E-state index in [-0.39, 0.29) is 6.04 Å². The monoisotopic (exact) mass is 398 g/mol. The SMILES string of the molecule is CN=C(NCC1CCN(S(C)(=O)=O)CC1)NC(C)Cc1c(C)nn(C)c1C. The summed E-state index contributed by atoms with van der Waals surface area (Å²) in [5.41, 5.74) is 3.55. The van der Waals surface area contributed by atoms with Crippen molar-refractivity contribution in [3.8, 4) is 0 Å². The van der Waals surface area contributed by atoms with Gasteiger partial charge in [0.15, 0.2) is 5.96 Å². The molecule has 27 heavy (non-hydrogen) atoms. The largest absolute Gasteiger partial charge is 0.356 e. The molecular formula is C18H34N6O2S. The number of aromatic nitrogens is 2. The summed E-state index contributed by atoms with van der Waals surface area (Å²) >= 11 is 0. The number of aliphatic imine (C=N–C) groups is 1. The average Bonchev–Trinajstić information content (AvgIpc) is 2.84. The molecule has 0 radical (unpaired) electrons. The molecule has 1 fully saturated rings. The predicted octanol–water partition coefficient (Wildman–Crippen LogP) is 0.805. The highest BCUT2D eigenvalue weighted by molar-refractivity contribution is 7.88. The first-order valence-electron chi connectivity index (χ1n) is 9.53. The topological polar surface area (TPSA) is 91.6 Å². The summed E-state index contributed by atoms with van der Waals surface area (Å²) in [6, 6.07) is 0.227. The Bertz CT molecular complexity index is 763. The van der Waals surface area contributed by atoms with Crippen LogP contribution in [0.25, 0.3) is 0 Å². The van der Waals surface area contributed by atoms with Crippen LogP contribution in [0.5, 0.6) is 0 Å². The molecule has 0 bridgehead atoms. The van der Waals surface area contributed by atoms with Crippen molar-refractivity contribution in [2.75, 3.05) is 32.9 Å². The molecule has 1 saturated heterocycles. The van der Waals surface area contributed by atoms with E-state index < -0.39 is 10.0 Å². The number of aryl methyl sites for hydroxylation is 2. The zero-order chi connectivity index (χ0) is 20.2. The van der Waals surface area contributed by atoms with E-state index in [4.69, 9.17) is 0 Å². The van der Waals surface area contributed by atoms with Crippen LogP contribution < -0.4 is 10.6 Å². The average molecular weight is 399 g/mol. The molecule has 154 valence electrons. The fourth-order valence-electron chi connectivity index (χ4n) is 3.58. The molecule has 1 aromatic heterocycles. The van der Waals surface area contributed by atoms with Crippen LogP contribution in [0.15, 0.2) is 4.99 Å². The lowest BCUT2D eigenvalue weighted by atomic mass is 9.98. The number of sulfonamides is 1. The number of hydrogen-bond donors (Lipinski definition) is 2. The van der Waals surface area contributed by atoms with Gasteiger partial charge in [-0.3, -0.25) is 9.67 Å². The summed E-state index contributed by atoms with van der Waals surface area (Å²) < 4.78 is 26.7. The predicted molar refractivity (Wildman–Crippen MR) is 109 cm³/mol. The van der Waals surface area contributed by atoms with Crippen molar-refractivity contribution in [3.63, 3.8) is 0 Å². The Morgan fingerprint density at radius 2 is 1.96 bits per heavy atom. The van der Waals surface area contributed by atoms with E-state index in [0.29, 0.717) is 19.0 Å². The van der Waals surface area contributed by atoms with E-state index in [2.05, 4.69) is 34.6 Å². The Labute approximate surface area is 163 Å². The molecule has 1 aliphatic rings. The van der Waals surface area contributed by atoms with Gasteiger partial charge in [-0.05, 0) is 51.5 Å². The molecule has 0 spiro atoms. The lowest BCUT2D eigenvalue weighted by Crippen LogP contribution is -2.46. The Morgan fingerprint density at radius 1 is 1.33 bits per heavy atom. The Morgan fingerprint density at radius 3 is 2.44 bits per heavy atom. The quantitative estimate of drug-likeness (QED) is 0.546. The van der Waals surface area contributed by atoms with Gasteiger partial charge in [0.2, 0.25) is 10.0 Å². The van der Waals surface area contributed by atoms with Gasteiger partial charge in [-0.2, -0.15) is 5.10 Å². The molecule has 1 unspecified atom stereocenters. The zero-order valence-corrected chi connectivity index (χ0v) is 18.2. The van der Waals surface area contributed by atoms with Crippen molar-refractivity contribution in [2.45, 2.75) is 46.1 Å². The van der Waals surface area contributed by atoms with Crippen molar-refractivity contribution in [1.82, 2.24) is 24.7 Å². The lowest BCUT2D eigenvalue weighted by molar-refractivity contribution is 0.274. The number of hydrogen-bond acceptors (Lipinski definition) is 4. The Kier molecular flexibility index (Phi) is 7.27. The van der Waals surface area contributed by atoms with E-state index >= 15 is 0 Å². The first-order chi connectivity index (χ1) is 12.6. The van der Waals surface area contributed by atoms with Gasteiger partial charge in [0, 0.05) is 45.5 Å². The van der Waals surface area contributed by atoms with Crippen LogP contribution in [0.4, 0.5) is 0 Å². The standard InChI is InChI=1S/C18H34N6O2S/c1-13(11-17-14(2)22-23(5)15(17)3)21-18(19-4)20-12-16-7-9-24(10-8-16)27(6,25)26/h13,16H,7-12H2,1-6H3,(H2,19,20,21). The summed E-state index contributed by atoms with van der Waals surface area (Å²) in [7, 11) is 0.678. The van der Waals surface area contributed by atoms with Gasteiger partial charge in [-0.1, -0.05) is 0 Å². The highest BCUT2D eigenvalue weighted by Crippen LogP contribution is 2.18. The summed E-state index contributed by atoms with van der Waals surface area (Å²) in [6.45, 7) is 8.29. The highest BCUT2D eigenvalue weighted by Gasteiger charge is 2.25. The van der Waals surface area contributed by atoms with Gasteiger partial charge < -0.3 is 10.6 Å².